The summed E-state index contributed by atoms with van der Waals surface area (Å²) in [6.45, 7) is 0.761. The largest absolute Gasteiger partial charge is 0.301 e. The van der Waals surface area contributed by atoms with Gasteiger partial charge in [0.2, 0.25) is 0 Å². The Morgan fingerprint density at radius 1 is 1.19 bits per heavy atom. The molecule has 3 nitrogen and oxygen atoms in total. The molecule has 2 heterocycles. The first-order chi connectivity index (χ1) is 10.1. The minimum absolute atomic E-state index is 0.132. The molecule has 0 saturated heterocycles. The Morgan fingerprint density at radius 3 is 2.62 bits per heavy atom. The van der Waals surface area contributed by atoms with E-state index >= 15 is 0 Å². The number of hydrogen-bond donors (Lipinski definition) is 1. The van der Waals surface area contributed by atoms with Crippen LogP contribution in [0.4, 0.5) is 0 Å². The van der Waals surface area contributed by atoms with Gasteiger partial charge in [0.15, 0.2) is 5.17 Å². The van der Waals surface area contributed by atoms with Crippen LogP contribution < -0.4 is 5.32 Å². The highest BCUT2D eigenvalue weighted by Crippen LogP contribution is 2.32. The number of hydrogen-bond acceptors (Lipinski definition) is 4. The first-order valence-corrected chi connectivity index (χ1v) is 8.72. The van der Waals surface area contributed by atoms with Gasteiger partial charge in [-0.25, -0.2) is 0 Å². The van der Waals surface area contributed by atoms with Crippen molar-refractivity contribution in [2.24, 2.45) is 4.99 Å². The smallest absolute Gasteiger partial charge is 0.267 e. The minimum atomic E-state index is -0.132. The average molecular weight is 357 g/mol. The van der Waals surface area contributed by atoms with Gasteiger partial charge < -0.3 is 5.32 Å². The molecule has 0 spiro atoms. The third kappa shape index (κ3) is 3.61. The van der Waals surface area contributed by atoms with E-state index in [0.29, 0.717) is 20.1 Å². The third-order valence-electron chi connectivity index (χ3n) is 2.78. The van der Waals surface area contributed by atoms with E-state index in [1.807, 2.05) is 18.2 Å². The number of amidine groups is 1. The highest BCUT2D eigenvalue weighted by Gasteiger charge is 2.15. The highest BCUT2D eigenvalue weighted by molar-refractivity contribution is 8.14. The fraction of sp³-hybridized carbons (Fsp3) is 0.143. The zero-order chi connectivity index (χ0) is 14.8. The van der Waals surface area contributed by atoms with Gasteiger partial charge in [0, 0.05) is 20.7 Å². The predicted molar refractivity (Wildman–Crippen MR) is 92.0 cm³/mol. The van der Waals surface area contributed by atoms with E-state index in [2.05, 4.69) is 10.3 Å². The summed E-state index contributed by atoms with van der Waals surface area (Å²) in [6, 6.07) is 9.04. The molecule has 108 valence electrons. The van der Waals surface area contributed by atoms with E-state index in [9.17, 15) is 4.79 Å². The monoisotopic (exact) mass is 356 g/mol. The van der Waals surface area contributed by atoms with Gasteiger partial charge in [-0.2, -0.15) is 0 Å². The summed E-state index contributed by atoms with van der Waals surface area (Å²) in [7, 11) is 0. The number of halogens is 2. The molecule has 0 atom stereocenters. The maximum atomic E-state index is 12.1. The molecule has 1 aliphatic rings. The van der Waals surface area contributed by atoms with E-state index < -0.39 is 0 Å². The zero-order valence-corrected chi connectivity index (χ0v) is 13.9. The number of rotatable bonds is 2. The molecule has 1 aliphatic heterocycles. The number of benzene rings is 1. The second kappa shape index (κ2) is 6.40. The standard InChI is InChI=1S/C14H10Cl2N2OS2/c15-9-5-8(6-10(16)7-9)11-1-2-12(21-11)13(19)18-14-17-3-4-20-14/h1-2,5-7H,3-4H2,(H,17,18,19). The number of thioether (sulfide) groups is 1. The summed E-state index contributed by atoms with van der Waals surface area (Å²) in [6.07, 6.45) is 0. The zero-order valence-electron chi connectivity index (χ0n) is 10.7. The summed E-state index contributed by atoms with van der Waals surface area (Å²) in [5.74, 6) is 0.791. The fourth-order valence-electron chi connectivity index (χ4n) is 1.88. The van der Waals surface area contributed by atoms with Crippen LogP contribution in [0.3, 0.4) is 0 Å². The molecular formula is C14H10Cl2N2OS2. The molecule has 7 heteroatoms. The van der Waals surface area contributed by atoms with Crippen LogP contribution in [0.25, 0.3) is 10.4 Å². The maximum absolute atomic E-state index is 12.1. The lowest BCUT2D eigenvalue weighted by atomic mass is 10.2. The van der Waals surface area contributed by atoms with Gasteiger partial charge in [-0.1, -0.05) is 35.0 Å². The molecule has 0 unspecified atom stereocenters. The lowest BCUT2D eigenvalue weighted by Crippen LogP contribution is -2.26. The number of nitrogens with zero attached hydrogens (tertiary/aromatic N) is 1. The lowest BCUT2D eigenvalue weighted by molar-refractivity contribution is 0.0982. The van der Waals surface area contributed by atoms with Crippen molar-refractivity contribution >= 4 is 57.4 Å². The van der Waals surface area contributed by atoms with Crippen LogP contribution in [0.2, 0.25) is 10.0 Å². The van der Waals surface area contributed by atoms with Crippen LogP contribution in [0, 0.1) is 0 Å². The fourth-order valence-corrected chi connectivity index (χ4v) is 4.02. The summed E-state index contributed by atoms with van der Waals surface area (Å²) < 4.78 is 0. The van der Waals surface area contributed by atoms with Gasteiger partial charge in [0.05, 0.1) is 11.4 Å². The molecule has 1 aromatic carbocycles. The highest BCUT2D eigenvalue weighted by atomic mass is 35.5. The Kier molecular flexibility index (Phi) is 4.54. The SMILES string of the molecule is O=C(NC1=NCCS1)c1ccc(-c2cc(Cl)cc(Cl)c2)s1. The molecule has 0 saturated carbocycles. The molecule has 0 bridgehead atoms. The normalized spacial score (nSPS) is 14.1. The Bertz CT molecular complexity index is 707. The summed E-state index contributed by atoms with van der Waals surface area (Å²) in [4.78, 5) is 17.9. The second-order valence-corrected chi connectivity index (χ2v) is 7.35. The number of carbonyl (C=O) groups excluding carboxylic acids is 1. The van der Waals surface area contributed by atoms with Crippen molar-refractivity contribution in [1.82, 2.24) is 5.32 Å². The van der Waals surface area contributed by atoms with Crippen molar-refractivity contribution in [2.45, 2.75) is 0 Å². The van der Waals surface area contributed by atoms with Gasteiger partial charge >= 0.3 is 0 Å². The summed E-state index contributed by atoms with van der Waals surface area (Å²) in [5, 5.41) is 4.66. The minimum Gasteiger partial charge on any atom is -0.301 e. The number of amides is 1. The quantitative estimate of drug-likeness (QED) is 0.856. The van der Waals surface area contributed by atoms with Gasteiger partial charge in [-0.15, -0.1) is 11.3 Å². The van der Waals surface area contributed by atoms with Crippen LogP contribution in [0.1, 0.15) is 9.67 Å². The lowest BCUT2D eigenvalue weighted by Gasteiger charge is -2.01. The van der Waals surface area contributed by atoms with Gasteiger partial charge in [-0.3, -0.25) is 9.79 Å². The van der Waals surface area contributed by atoms with Crippen molar-refractivity contribution in [3.05, 3.63) is 45.3 Å². The van der Waals surface area contributed by atoms with Crippen molar-refractivity contribution in [3.8, 4) is 10.4 Å². The van der Waals surface area contributed by atoms with E-state index in [4.69, 9.17) is 23.2 Å². The average Bonchev–Trinajstić information content (AvgIpc) is 3.08. The molecule has 21 heavy (non-hydrogen) atoms. The molecule has 1 amide bonds. The Morgan fingerprint density at radius 2 is 1.95 bits per heavy atom. The van der Waals surface area contributed by atoms with E-state index in [1.54, 1.807) is 23.9 Å². The molecule has 3 rings (SSSR count). The molecule has 2 aromatic rings. The van der Waals surface area contributed by atoms with Crippen molar-refractivity contribution in [3.63, 3.8) is 0 Å². The molecule has 0 aliphatic carbocycles. The van der Waals surface area contributed by atoms with Crippen LogP contribution in [0.5, 0.6) is 0 Å². The topological polar surface area (TPSA) is 41.5 Å². The Labute approximate surface area is 140 Å². The van der Waals surface area contributed by atoms with Gasteiger partial charge in [0.25, 0.3) is 5.91 Å². The predicted octanol–water partition coefficient (Wildman–Crippen LogP) is 4.55. The van der Waals surface area contributed by atoms with E-state index in [0.717, 1.165) is 22.7 Å². The first kappa shape index (κ1) is 14.9. The van der Waals surface area contributed by atoms with Crippen molar-refractivity contribution < 1.29 is 4.79 Å². The van der Waals surface area contributed by atoms with Gasteiger partial charge in [0.1, 0.15) is 0 Å². The molecule has 1 N–H and O–H groups in total. The van der Waals surface area contributed by atoms with Crippen LogP contribution in [-0.4, -0.2) is 23.4 Å². The number of carbonyl (C=O) groups is 1. The molecular weight excluding hydrogens is 347 g/mol. The van der Waals surface area contributed by atoms with Gasteiger partial charge in [-0.05, 0) is 35.9 Å². The molecule has 0 fully saturated rings. The Balaban J connectivity index is 1.80. The number of thiophene rings is 1. The van der Waals surface area contributed by atoms with E-state index in [1.165, 1.54) is 11.3 Å². The number of nitrogens with one attached hydrogen (secondary N) is 1. The first-order valence-electron chi connectivity index (χ1n) is 6.17. The van der Waals surface area contributed by atoms with Crippen LogP contribution in [-0.2, 0) is 0 Å². The molecule has 0 radical (unpaired) electrons. The van der Waals surface area contributed by atoms with Crippen molar-refractivity contribution in [1.29, 1.82) is 0 Å². The summed E-state index contributed by atoms with van der Waals surface area (Å²) >= 11 is 15.0. The maximum Gasteiger partial charge on any atom is 0.267 e. The third-order valence-corrected chi connectivity index (χ3v) is 5.24. The van der Waals surface area contributed by atoms with Crippen molar-refractivity contribution in [2.75, 3.05) is 12.3 Å². The second-order valence-electron chi connectivity index (χ2n) is 4.31. The number of aliphatic imine (C=N–C) groups is 1. The Hall–Kier alpha value is -1.01. The molecule has 1 aromatic heterocycles. The van der Waals surface area contributed by atoms with E-state index in [-0.39, 0.29) is 5.91 Å². The summed E-state index contributed by atoms with van der Waals surface area (Å²) in [5.41, 5.74) is 0.907. The van der Waals surface area contributed by atoms with Crippen LogP contribution >= 0.6 is 46.3 Å². The van der Waals surface area contributed by atoms with Crippen LogP contribution in [0.15, 0.2) is 35.3 Å².